The number of nitrogens with zero attached hydrogens (tertiary/aromatic N) is 2. The molecule has 132 valence electrons. The number of carbonyl (C=O) groups is 1. The molecule has 0 saturated carbocycles. The SMILES string of the molecule is CCCSc1nc(=O)c2c(n1C)NC(=O)CC2c1ccc(Cl)c(Cl)c1. The van der Waals surface area contributed by atoms with E-state index in [0.29, 0.717) is 26.6 Å². The number of thioether (sulfide) groups is 1. The van der Waals surface area contributed by atoms with E-state index in [1.165, 1.54) is 11.8 Å². The smallest absolute Gasteiger partial charge is 0.279 e. The summed E-state index contributed by atoms with van der Waals surface area (Å²) in [6.45, 7) is 2.06. The number of fused-ring (bicyclic) bond motifs is 1. The van der Waals surface area contributed by atoms with Crippen molar-refractivity contribution in [1.82, 2.24) is 9.55 Å². The van der Waals surface area contributed by atoms with Crippen molar-refractivity contribution >= 4 is 46.7 Å². The van der Waals surface area contributed by atoms with Crippen molar-refractivity contribution in [2.75, 3.05) is 11.1 Å². The number of rotatable bonds is 4. The first-order valence-corrected chi connectivity index (χ1v) is 9.65. The van der Waals surface area contributed by atoms with E-state index in [0.717, 1.165) is 17.7 Å². The first kappa shape index (κ1) is 18.3. The molecule has 0 saturated heterocycles. The molecule has 0 spiro atoms. The van der Waals surface area contributed by atoms with Gasteiger partial charge in [0, 0.05) is 25.1 Å². The average Bonchev–Trinajstić information content (AvgIpc) is 2.58. The zero-order chi connectivity index (χ0) is 18.1. The lowest BCUT2D eigenvalue weighted by atomic mass is 9.87. The van der Waals surface area contributed by atoms with Crippen LogP contribution in [0.4, 0.5) is 5.82 Å². The van der Waals surface area contributed by atoms with Gasteiger partial charge >= 0.3 is 0 Å². The highest BCUT2D eigenvalue weighted by Gasteiger charge is 2.32. The van der Waals surface area contributed by atoms with Crippen molar-refractivity contribution in [2.45, 2.75) is 30.8 Å². The van der Waals surface area contributed by atoms with Gasteiger partial charge in [-0.3, -0.25) is 9.59 Å². The molecule has 1 unspecified atom stereocenters. The van der Waals surface area contributed by atoms with Gasteiger partial charge < -0.3 is 9.88 Å². The minimum absolute atomic E-state index is 0.142. The summed E-state index contributed by atoms with van der Waals surface area (Å²) in [5.74, 6) is 0.820. The van der Waals surface area contributed by atoms with Crippen molar-refractivity contribution in [3.63, 3.8) is 0 Å². The predicted octanol–water partition coefficient (Wildman–Crippen LogP) is 4.06. The van der Waals surface area contributed by atoms with Crippen LogP contribution < -0.4 is 10.9 Å². The van der Waals surface area contributed by atoms with Crippen molar-refractivity contribution in [1.29, 1.82) is 0 Å². The fourth-order valence-electron chi connectivity index (χ4n) is 2.87. The lowest BCUT2D eigenvalue weighted by Gasteiger charge is -2.27. The van der Waals surface area contributed by atoms with Crippen LogP contribution in [0.1, 0.15) is 36.8 Å². The highest BCUT2D eigenvalue weighted by atomic mass is 35.5. The lowest BCUT2D eigenvalue weighted by molar-refractivity contribution is -0.116. The van der Waals surface area contributed by atoms with Gasteiger partial charge in [0.05, 0.1) is 15.6 Å². The fourth-order valence-corrected chi connectivity index (χ4v) is 4.00. The van der Waals surface area contributed by atoms with Gasteiger partial charge in [-0.15, -0.1) is 0 Å². The highest BCUT2D eigenvalue weighted by Crippen LogP contribution is 2.37. The Kier molecular flexibility index (Phi) is 5.41. The van der Waals surface area contributed by atoms with Crippen LogP contribution in [0.3, 0.4) is 0 Å². The minimum atomic E-state index is -0.394. The highest BCUT2D eigenvalue weighted by molar-refractivity contribution is 7.99. The van der Waals surface area contributed by atoms with E-state index in [-0.39, 0.29) is 17.9 Å². The molecule has 1 aromatic heterocycles. The molecule has 2 heterocycles. The maximum Gasteiger partial charge on any atom is 0.279 e. The van der Waals surface area contributed by atoms with Gasteiger partial charge in [-0.05, 0) is 24.1 Å². The van der Waals surface area contributed by atoms with Crippen LogP contribution in [-0.2, 0) is 11.8 Å². The number of hydrogen-bond donors (Lipinski definition) is 1. The molecule has 1 aliphatic heterocycles. The zero-order valence-electron chi connectivity index (χ0n) is 13.8. The topological polar surface area (TPSA) is 64.0 Å². The van der Waals surface area contributed by atoms with Gasteiger partial charge in [-0.1, -0.05) is 48.0 Å². The van der Waals surface area contributed by atoms with E-state index in [4.69, 9.17) is 23.2 Å². The van der Waals surface area contributed by atoms with Crippen LogP contribution >= 0.6 is 35.0 Å². The number of anilines is 1. The largest absolute Gasteiger partial charge is 0.312 e. The van der Waals surface area contributed by atoms with Crippen LogP contribution in [0, 0.1) is 0 Å². The number of amides is 1. The van der Waals surface area contributed by atoms with Crippen LogP contribution in [0.15, 0.2) is 28.2 Å². The molecule has 1 aromatic carbocycles. The third kappa shape index (κ3) is 3.57. The number of hydrogen-bond acceptors (Lipinski definition) is 4. The normalized spacial score (nSPS) is 16.5. The molecule has 25 heavy (non-hydrogen) atoms. The number of carbonyl (C=O) groups excluding carboxylic acids is 1. The standard InChI is InChI=1S/C17H17Cl2N3O2S/c1-3-6-25-17-21-16(24)14-10(8-13(23)20-15(14)22(17)2)9-4-5-11(18)12(19)7-9/h4-5,7,10H,3,6,8H2,1-2H3,(H,20,23). The zero-order valence-corrected chi connectivity index (χ0v) is 16.1. The van der Waals surface area contributed by atoms with E-state index in [1.807, 2.05) is 0 Å². The van der Waals surface area contributed by atoms with E-state index in [2.05, 4.69) is 17.2 Å². The minimum Gasteiger partial charge on any atom is -0.312 e. The Morgan fingerprint density at radius 2 is 2.08 bits per heavy atom. The van der Waals surface area contributed by atoms with E-state index in [9.17, 15) is 9.59 Å². The Balaban J connectivity index is 2.14. The molecular formula is C17H17Cl2N3O2S. The molecule has 2 aromatic rings. The molecule has 3 rings (SSSR count). The van der Waals surface area contributed by atoms with Gasteiger partial charge in [0.1, 0.15) is 5.82 Å². The summed E-state index contributed by atoms with van der Waals surface area (Å²) in [4.78, 5) is 29.2. The van der Waals surface area contributed by atoms with E-state index >= 15 is 0 Å². The fraction of sp³-hybridized carbons (Fsp3) is 0.353. The Bertz CT molecular complexity index is 898. The number of nitrogens with one attached hydrogen (secondary N) is 1. The molecule has 1 atom stereocenters. The summed E-state index contributed by atoms with van der Waals surface area (Å²) in [7, 11) is 1.81. The van der Waals surface area contributed by atoms with Crippen molar-refractivity contribution in [2.24, 2.45) is 7.05 Å². The number of aromatic nitrogens is 2. The van der Waals surface area contributed by atoms with Crippen molar-refractivity contribution in [3.05, 3.63) is 49.7 Å². The molecule has 8 heteroatoms. The predicted molar refractivity (Wildman–Crippen MR) is 102 cm³/mol. The Hall–Kier alpha value is -1.50. The first-order valence-electron chi connectivity index (χ1n) is 7.90. The quantitative estimate of drug-likeness (QED) is 0.623. The van der Waals surface area contributed by atoms with Gasteiger partial charge in [0.15, 0.2) is 5.16 Å². The molecule has 0 radical (unpaired) electrons. The average molecular weight is 398 g/mol. The molecule has 0 bridgehead atoms. The third-order valence-corrected chi connectivity index (χ3v) is 6.06. The number of halogens is 2. The van der Waals surface area contributed by atoms with E-state index < -0.39 is 5.92 Å². The lowest BCUT2D eigenvalue weighted by Crippen LogP contribution is -2.33. The van der Waals surface area contributed by atoms with Gasteiger partial charge in [-0.2, -0.15) is 4.98 Å². The molecule has 0 aliphatic carbocycles. The van der Waals surface area contributed by atoms with Crippen LogP contribution in [0.5, 0.6) is 0 Å². The maximum atomic E-state index is 12.7. The van der Waals surface area contributed by atoms with Gasteiger partial charge in [0.2, 0.25) is 5.91 Å². The monoisotopic (exact) mass is 397 g/mol. The Morgan fingerprint density at radius 1 is 1.32 bits per heavy atom. The summed E-state index contributed by atoms with van der Waals surface area (Å²) in [6, 6.07) is 5.17. The second kappa shape index (κ2) is 7.40. The Labute approximate surface area is 159 Å². The second-order valence-corrected chi connectivity index (χ2v) is 7.72. The summed E-state index contributed by atoms with van der Waals surface area (Å²) in [5.41, 5.74) is 0.947. The Morgan fingerprint density at radius 3 is 2.76 bits per heavy atom. The first-order chi connectivity index (χ1) is 11.9. The summed E-state index contributed by atoms with van der Waals surface area (Å²) >= 11 is 13.6. The summed E-state index contributed by atoms with van der Waals surface area (Å²) in [6.07, 6.45) is 1.14. The molecule has 0 fully saturated rings. The van der Waals surface area contributed by atoms with Crippen molar-refractivity contribution in [3.8, 4) is 0 Å². The third-order valence-electron chi connectivity index (χ3n) is 4.08. The molecule has 1 amide bonds. The maximum absolute atomic E-state index is 12.7. The molecule has 1 aliphatic rings. The summed E-state index contributed by atoms with van der Waals surface area (Å²) in [5, 5.41) is 4.25. The second-order valence-electron chi connectivity index (χ2n) is 5.85. The van der Waals surface area contributed by atoms with E-state index in [1.54, 1.807) is 29.8 Å². The summed E-state index contributed by atoms with van der Waals surface area (Å²) < 4.78 is 1.78. The van der Waals surface area contributed by atoms with Crippen LogP contribution in [0.25, 0.3) is 0 Å². The molecule has 1 N–H and O–H groups in total. The molecule has 5 nitrogen and oxygen atoms in total. The van der Waals surface area contributed by atoms with Crippen LogP contribution in [0.2, 0.25) is 10.0 Å². The van der Waals surface area contributed by atoms with Gasteiger partial charge in [-0.25, -0.2) is 0 Å². The van der Waals surface area contributed by atoms with Crippen LogP contribution in [-0.4, -0.2) is 21.2 Å². The molecular weight excluding hydrogens is 381 g/mol. The van der Waals surface area contributed by atoms with Gasteiger partial charge in [0.25, 0.3) is 5.56 Å². The van der Waals surface area contributed by atoms with Crippen molar-refractivity contribution < 1.29 is 4.79 Å². The number of benzene rings is 1.